The molecule has 0 aliphatic rings. The lowest BCUT2D eigenvalue weighted by atomic mass is 10.0. The van der Waals surface area contributed by atoms with Gasteiger partial charge in [0.15, 0.2) is 0 Å². The highest BCUT2D eigenvalue weighted by Crippen LogP contribution is 2.28. The number of alkyl halides is 3. The monoisotopic (exact) mass is 232 g/mol. The largest absolute Gasteiger partial charge is 0.433 e. The molecule has 1 aromatic rings. The summed E-state index contributed by atoms with van der Waals surface area (Å²) in [6, 6.07) is 0.899. The van der Waals surface area contributed by atoms with Crippen molar-refractivity contribution in [3.8, 4) is 0 Å². The molecule has 5 heteroatoms. The summed E-state index contributed by atoms with van der Waals surface area (Å²) in [4.78, 5) is 7.46. The zero-order chi connectivity index (χ0) is 12.2. The van der Waals surface area contributed by atoms with Gasteiger partial charge in [0, 0.05) is 12.1 Å². The van der Waals surface area contributed by atoms with Gasteiger partial charge in [-0.05, 0) is 12.5 Å². The summed E-state index contributed by atoms with van der Waals surface area (Å²) in [7, 11) is 0. The molecule has 0 aliphatic heterocycles. The first-order chi connectivity index (χ1) is 7.45. The molecule has 2 nitrogen and oxygen atoms in total. The smallest absolute Gasteiger partial charge is 0.241 e. The Labute approximate surface area is 92.9 Å². The third-order valence-electron chi connectivity index (χ3n) is 2.40. The Morgan fingerprint density at radius 3 is 2.62 bits per heavy atom. The van der Waals surface area contributed by atoms with E-state index >= 15 is 0 Å². The van der Waals surface area contributed by atoms with Crippen molar-refractivity contribution in [2.24, 2.45) is 0 Å². The zero-order valence-corrected chi connectivity index (χ0v) is 9.38. The highest BCUT2D eigenvalue weighted by molar-refractivity contribution is 5.08. The fourth-order valence-electron chi connectivity index (χ4n) is 1.41. The van der Waals surface area contributed by atoms with Gasteiger partial charge in [-0.25, -0.2) is 9.97 Å². The maximum Gasteiger partial charge on any atom is 0.433 e. The van der Waals surface area contributed by atoms with Crippen LogP contribution < -0.4 is 0 Å². The number of aromatic nitrogens is 2. The minimum Gasteiger partial charge on any atom is -0.241 e. The minimum atomic E-state index is -4.39. The Hall–Kier alpha value is -1.13. The zero-order valence-electron chi connectivity index (χ0n) is 9.38. The molecule has 0 radical (unpaired) electrons. The molecule has 0 aromatic carbocycles. The van der Waals surface area contributed by atoms with Crippen molar-refractivity contribution in [2.45, 2.75) is 45.2 Å². The van der Waals surface area contributed by atoms with E-state index in [1.165, 1.54) is 6.20 Å². The van der Waals surface area contributed by atoms with E-state index < -0.39 is 11.9 Å². The average Bonchev–Trinajstić information content (AvgIpc) is 2.25. The van der Waals surface area contributed by atoms with Crippen LogP contribution in [0.25, 0.3) is 0 Å². The number of nitrogens with zero attached hydrogens (tertiary/aromatic N) is 2. The molecule has 0 bridgehead atoms. The lowest BCUT2D eigenvalue weighted by molar-refractivity contribution is -0.141. The van der Waals surface area contributed by atoms with Crippen molar-refractivity contribution in [3.63, 3.8) is 0 Å². The SMILES string of the molecule is CCCCC(C)c1nccc(C(F)(F)F)n1. The average molecular weight is 232 g/mol. The molecule has 0 fully saturated rings. The van der Waals surface area contributed by atoms with E-state index in [1.54, 1.807) is 0 Å². The van der Waals surface area contributed by atoms with Crippen molar-refractivity contribution in [3.05, 3.63) is 23.8 Å². The van der Waals surface area contributed by atoms with Gasteiger partial charge in [-0.2, -0.15) is 13.2 Å². The molecule has 1 aromatic heterocycles. The maximum absolute atomic E-state index is 12.4. The van der Waals surface area contributed by atoms with Gasteiger partial charge >= 0.3 is 6.18 Å². The molecular weight excluding hydrogens is 217 g/mol. The van der Waals surface area contributed by atoms with Crippen molar-refractivity contribution < 1.29 is 13.2 Å². The molecule has 1 rings (SSSR count). The van der Waals surface area contributed by atoms with Crippen LogP contribution in [0.4, 0.5) is 13.2 Å². The van der Waals surface area contributed by atoms with Gasteiger partial charge < -0.3 is 0 Å². The standard InChI is InChI=1S/C11H15F3N2/c1-3-4-5-8(2)10-15-7-6-9(16-10)11(12,13)14/h6-8H,3-5H2,1-2H3. The van der Waals surface area contributed by atoms with Crippen LogP contribution in [0, 0.1) is 0 Å². The van der Waals surface area contributed by atoms with Gasteiger partial charge in [-0.1, -0.05) is 26.7 Å². The van der Waals surface area contributed by atoms with Crippen LogP contribution in [-0.4, -0.2) is 9.97 Å². The second-order valence-corrected chi connectivity index (χ2v) is 3.84. The summed E-state index contributed by atoms with van der Waals surface area (Å²) in [5.41, 5.74) is -0.860. The van der Waals surface area contributed by atoms with Crippen molar-refractivity contribution >= 4 is 0 Å². The number of halogens is 3. The number of hydrogen-bond acceptors (Lipinski definition) is 2. The van der Waals surface area contributed by atoms with Gasteiger partial charge in [0.25, 0.3) is 0 Å². The molecule has 90 valence electrons. The Bertz CT molecular complexity index is 336. The number of rotatable bonds is 4. The predicted octanol–water partition coefficient (Wildman–Crippen LogP) is 3.79. The summed E-state index contributed by atoms with van der Waals surface area (Å²) in [5, 5.41) is 0. The molecule has 1 atom stereocenters. The van der Waals surface area contributed by atoms with Crippen LogP contribution in [-0.2, 0) is 6.18 Å². The van der Waals surface area contributed by atoms with Crippen LogP contribution in [0.5, 0.6) is 0 Å². The van der Waals surface area contributed by atoms with E-state index in [2.05, 4.69) is 9.97 Å². The van der Waals surface area contributed by atoms with Crippen LogP contribution >= 0.6 is 0 Å². The van der Waals surface area contributed by atoms with E-state index in [4.69, 9.17) is 0 Å². The fraction of sp³-hybridized carbons (Fsp3) is 0.636. The van der Waals surface area contributed by atoms with Crippen molar-refractivity contribution in [2.75, 3.05) is 0 Å². The third-order valence-corrected chi connectivity index (χ3v) is 2.40. The van der Waals surface area contributed by atoms with E-state index in [0.29, 0.717) is 0 Å². The highest BCUT2D eigenvalue weighted by atomic mass is 19.4. The van der Waals surface area contributed by atoms with Crippen LogP contribution in [0.3, 0.4) is 0 Å². The summed E-state index contributed by atoms with van der Waals surface area (Å²) in [6.45, 7) is 3.89. The first kappa shape index (κ1) is 12.9. The van der Waals surface area contributed by atoms with E-state index in [-0.39, 0.29) is 11.7 Å². The number of hydrogen-bond donors (Lipinski definition) is 0. The number of unbranched alkanes of at least 4 members (excludes halogenated alkanes) is 1. The second kappa shape index (κ2) is 5.27. The molecule has 16 heavy (non-hydrogen) atoms. The molecule has 0 spiro atoms. The maximum atomic E-state index is 12.4. The van der Waals surface area contributed by atoms with Crippen LogP contribution in [0.2, 0.25) is 0 Å². The van der Waals surface area contributed by atoms with Crippen LogP contribution in [0.15, 0.2) is 12.3 Å². The Morgan fingerprint density at radius 1 is 1.38 bits per heavy atom. The third kappa shape index (κ3) is 3.47. The summed E-state index contributed by atoms with van der Waals surface area (Å²) in [6.07, 6.45) is -0.405. The Morgan fingerprint density at radius 2 is 2.06 bits per heavy atom. The molecular formula is C11H15F3N2. The molecule has 0 saturated carbocycles. The van der Waals surface area contributed by atoms with Gasteiger partial charge in [0.2, 0.25) is 0 Å². The summed E-state index contributed by atoms with van der Waals surface area (Å²) < 4.78 is 37.2. The van der Waals surface area contributed by atoms with E-state index in [1.807, 2.05) is 13.8 Å². The normalized spacial score (nSPS) is 13.8. The van der Waals surface area contributed by atoms with Gasteiger partial charge in [0.05, 0.1) is 0 Å². The topological polar surface area (TPSA) is 25.8 Å². The first-order valence-electron chi connectivity index (χ1n) is 5.35. The Balaban J connectivity index is 2.82. The highest BCUT2D eigenvalue weighted by Gasteiger charge is 2.33. The first-order valence-corrected chi connectivity index (χ1v) is 5.35. The minimum absolute atomic E-state index is 0.0257. The Kier molecular flexibility index (Phi) is 4.26. The summed E-state index contributed by atoms with van der Waals surface area (Å²) in [5.74, 6) is 0.255. The fourth-order valence-corrected chi connectivity index (χ4v) is 1.41. The quantitative estimate of drug-likeness (QED) is 0.789. The van der Waals surface area contributed by atoms with Crippen molar-refractivity contribution in [1.29, 1.82) is 0 Å². The van der Waals surface area contributed by atoms with Gasteiger partial charge in [-0.15, -0.1) is 0 Å². The predicted molar refractivity (Wildman–Crippen MR) is 55.0 cm³/mol. The van der Waals surface area contributed by atoms with E-state index in [0.717, 1.165) is 25.3 Å². The molecule has 0 N–H and O–H groups in total. The lowest BCUT2D eigenvalue weighted by Gasteiger charge is -2.11. The van der Waals surface area contributed by atoms with Gasteiger partial charge in [-0.3, -0.25) is 0 Å². The van der Waals surface area contributed by atoms with Crippen molar-refractivity contribution in [1.82, 2.24) is 9.97 Å². The van der Waals surface area contributed by atoms with E-state index in [9.17, 15) is 13.2 Å². The molecule has 0 amide bonds. The van der Waals surface area contributed by atoms with Crippen LogP contribution in [0.1, 0.15) is 50.5 Å². The lowest BCUT2D eigenvalue weighted by Crippen LogP contribution is -2.11. The molecule has 0 aliphatic carbocycles. The summed E-state index contributed by atoms with van der Waals surface area (Å²) >= 11 is 0. The molecule has 1 heterocycles. The second-order valence-electron chi connectivity index (χ2n) is 3.84. The van der Waals surface area contributed by atoms with Gasteiger partial charge in [0.1, 0.15) is 11.5 Å². The molecule has 1 unspecified atom stereocenters. The molecule has 0 saturated heterocycles.